The monoisotopic (exact) mass is 800 g/mol. The minimum Gasteiger partial charge on any atom is -0.310 e. The summed E-state index contributed by atoms with van der Waals surface area (Å²) < 4.78 is -0.0754. The lowest BCUT2D eigenvalue weighted by Crippen LogP contribution is -2.63. The van der Waals surface area contributed by atoms with Crippen molar-refractivity contribution in [2.24, 2.45) is 0 Å². The molecule has 0 amide bonds. The number of fused-ring (bicyclic) bond motifs is 7. The summed E-state index contributed by atoms with van der Waals surface area (Å²) in [6.45, 7) is 20.3. The highest BCUT2D eigenvalue weighted by molar-refractivity contribution is 7.00. The molecule has 8 aromatic rings. The second kappa shape index (κ2) is 14.8. The number of anilines is 6. The third-order valence-electron chi connectivity index (χ3n) is 13.1. The van der Waals surface area contributed by atoms with Gasteiger partial charge in [0.05, 0.1) is 21.8 Å². The Bertz CT molecular complexity index is 2780. The molecule has 0 heterocycles. The van der Waals surface area contributed by atoms with Crippen molar-refractivity contribution in [2.75, 3.05) is 9.80 Å². The van der Waals surface area contributed by atoms with Gasteiger partial charge < -0.3 is 9.80 Å². The maximum atomic E-state index is 2.65. The van der Waals surface area contributed by atoms with E-state index in [4.69, 9.17) is 0 Å². The van der Waals surface area contributed by atoms with Crippen LogP contribution in [0.5, 0.6) is 0 Å². The Kier molecular flexibility index (Phi) is 9.77. The van der Waals surface area contributed by atoms with Crippen LogP contribution >= 0.6 is 0 Å². The fourth-order valence-corrected chi connectivity index (χ4v) is 23.9. The van der Waals surface area contributed by atoms with Gasteiger partial charge in [-0.25, -0.2) is 0 Å². The van der Waals surface area contributed by atoms with E-state index in [2.05, 4.69) is 233 Å². The van der Waals surface area contributed by atoms with Crippen LogP contribution in [0, 0.1) is 0 Å². The maximum absolute atomic E-state index is 2.65. The van der Waals surface area contributed by atoms with Gasteiger partial charge in [0.25, 0.3) is 0 Å². The van der Waals surface area contributed by atoms with Gasteiger partial charge in [-0.15, -0.1) is 0 Å². The SMILES string of the molecule is CCc1ccc(N(c2ccccc2)c2ccc3c4c(ccc3c2)-c2c(cc(N(c3ccccc3)c3ccc(CC)cc3)c3ccccc23)C4([Si](C)(C)C)[Si](C)(C)C)cc1. The molecule has 0 radical (unpaired) electrons. The Hall–Kier alpha value is -5.69. The Labute approximate surface area is 353 Å². The van der Waals surface area contributed by atoms with Gasteiger partial charge in [-0.2, -0.15) is 0 Å². The van der Waals surface area contributed by atoms with E-state index in [1.807, 2.05) is 0 Å². The molecule has 1 aliphatic carbocycles. The van der Waals surface area contributed by atoms with Crippen LogP contribution in [0.2, 0.25) is 39.3 Å². The highest BCUT2D eigenvalue weighted by Gasteiger charge is 2.60. The Balaban J connectivity index is 1.33. The fraction of sp³-hybridized carbons (Fsp3) is 0.200. The minimum atomic E-state index is -2.06. The largest absolute Gasteiger partial charge is 0.310 e. The Morgan fingerprint density at radius 1 is 0.424 bits per heavy atom. The molecule has 2 nitrogen and oxygen atoms in total. The molecular formula is C55H56N2Si2. The Morgan fingerprint density at radius 3 is 1.44 bits per heavy atom. The van der Waals surface area contributed by atoms with Crippen molar-refractivity contribution in [1.29, 1.82) is 0 Å². The molecule has 0 saturated heterocycles. The molecular weight excluding hydrogens is 745 g/mol. The lowest BCUT2D eigenvalue weighted by molar-refractivity contribution is 0.962. The smallest absolute Gasteiger partial charge is 0.0579 e. The maximum Gasteiger partial charge on any atom is 0.0579 e. The minimum absolute atomic E-state index is 0.0754. The molecule has 9 rings (SSSR count). The van der Waals surface area contributed by atoms with Crippen molar-refractivity contribution in [2.45, 2.75) is 70.6 Å². The first-order valence-corrected chi connectivity index (χ1v) is 28.5. The van der Waals surface area contributed by atoms with Gasteiger partial charge in [-0.05, 0) is 129 Å². The quantitative estimate of drug-likeness (QED) is 0.127. The lowest BCUT2D eigenvalue weighted by atomic mass is 9.94. The second-order valence-electron chi connectivity index (χ2n) is 18.4. The first kappa shape index (κ1) is 38.8. The molecule has 0 atom stereocenters. The zero-order valence-corrected chi connectivity index (χ0v) is 38.0. The summed E-state index contributed by atoms with van der Waals surface area (Å²) in [6.07, 6.45) is 2.05. The van der Waals surface area contributed by atoms with Crippen molar-refractivity contribution in [3.63, 3.8) is 0 Å². The van der Waals surface area contributed by atoms with Gasteiger partial charge in [0, 0.05) is 38.5 Å². The normalized spacial score (nSPS) is 13.4. The molecule has 0 saturated carbocycles. The van der Waals surface area contributed by atoms with Crippen LogP contribution in [0.4, 0.5) is 34.1 Å². The van der Waals surface area contributed by atoms with Gasteiger partial charge in [-0.3, -0.25) is 0 Å². The number of para-hydroxylation sites is 2. The Morgan fingerprint density at radius 2 is 0.898 bits per heavy atom. The van der Waals surface area contributed by atoms with Crippen molar-refractivity contribution < 1.29 is 0 Å². The van der Waals surface area contributed by atoms with Crippen LogP contribution in [0.25, 0.3) is 32.7 Å². The third-order valence-corrected chi connectivity index (χ3v) is 23.1. The van der Waals surface area contributed by atoms with Crippen molar-refractivity contribution in [3.05, 3.63) is 192 Å². The first-order valence-electron chi connectivity index (χ1n) is 21.5. The standard InChI is InChI=1S/C55H56N2Si2/c1-9-39-25-30-44(31-26-39)56(42-19-13-11-14-20-42)46-34-36-47-41(37-46)29-35-50-53-49-24-18-17-23-48(49)52(38-51(53)55(54(47)50,58(3,4)5)59(6,7)8)57(43-21-15-12-16-22-43)45-32-27-40(10-2)28-33-45/h11-38H,9-10H2,1-8H3. The number of aryl methyl sites for hydroxylation is 2. The third kappa shape index (κ3) is 6.27. The number of nitrogens with zero attached hydrogens (tertiary/aromatic N) is 2. The summed E-state index contributed by atoms with van der Waals surface area (Å²) in [5.41, 5.74) is 15.8. The van der Waals surface area contributed by atoms with Gasteiger partial charge in [0.2, 0.25) is 0 Å². The highest BCUT2D eigenvalue weighted by atomic mass is 28.4. The van der Waals surface area contributed by atoms with E-state index in [1.165, 1.54) is 77.8 Å². The van der Waals surface area contributed by atoms with Crippen molar-refractivity contribution >= 4 is 71.8 Å². The number of hydrogen-bond acceptors (Lipinski definition) is 2. The average molecular weight is 801 g/mol. The van der Waals surface area contributed by atoms with Crippen LogP contribution in [0.1, 0.15) is 36.1 Å². The average Bonchev–Trinajstić information content (AvgIpc) is 3.58. The molecule has 1 aliphatic rings. The number of rotatable bonds is 10. The zero-order valence-electron chi connectivity index (χ0n) is 36.0. The van der Waals surface area contributed by atoms with E-state index >= 15 is 0 Å². The molecule has 0 spiro atoms. The summed E-state index contributed by atoms with van der Waals surface area (Å²) in [4.78, 5) is 4.93. The predicted octanol–water partition coefficient (Wildman–Crippen LogP) is 16.1. The molecule has 0 bridgehead atoms. The van der Waals surface area contributed by atoms with E-state index < -0.39 is 16.1 Å². The molecule has 0 aliphatic heterocycles. The molecule has 294 valence electrons. The zero-order chi connectivity index (χ0) is 41.1. The molecule has 0 unspecified atom stereocenters. The van der Waals surface area contributed by atoms with Crippen LogP contribution in [-0.4, -0.2) is 16.1 Å². The molecule has 59 heavy (non-hydrogen) atoms. The number of benzene rings is 8. The predicted molar refractivity (Wildman–Crippen MR) is 262 cm³/mol. The molecule has 0 aromatic heterocycles. The molecule has 4 heteroatoms. The van der Waals surface area contributed by atoms with E-state index in [0.717, 1.165) is 18.5 Å². The highest BCUT2D eigenvalue weighted by Crippen LogP contribution is 2.62. The molecule has 0 fully saturated rings. The van der Waals surface area contributed by atoms with E-state index in [9.17, 15) is 0 Å². The summed E-state index contributed by atoms with van der Waals surface area (Å²) >= 11 is 0. The van der Waals surface area contributed by atoms with Crippen molar-refractivity contribution in [1.82, 2.24) is 0 Å². The molecule has 0 N–H and O–H groups in total. The summed E-state index contributed by atoms with van der Waals surface area (Å²) in [5.74, 6) is 0. The molecule has 8 aromatic carbocycles. The summed E-state index contributed by atoms with van der Waals surface area (Å²) in [7, 11) is -4.13. The summed E-state index contributed by atoms with van der Waals surface area (Å²) in [6, 6.07) is 64.1. The second-order valence-corrected chi connectivity index (χ2v) is 29.4. The van der Waals surface area contributed by atoms with Gasteiger partial charge >= 0.3 is 0 Å². The van der Waals surface area contributed by atoms with Gasteiger partial charge in [0.1, 0.15) is 0 Å². The fourth-order valence-electron chi connectivity index (χ4n) is 10.8. The number of hydrogen-bond donors (Lipinski definition) is 0. The van der Waals surface area contributed by atoms with E-state index in [-0.39, 0.29) is 4.66 Å². The first-order chi connectivity index (χ1) is 28.5. The van der Waals surface area contributed by atoms with Gasteiger partial charge in [-0.1, -0.05) is 156 Å². The van der Waals surface area contributed by atoms with E-state index in [0.29, 0.717) is 0 Å². The van der Waals surface area contributed by atoms with Crippen molar-refractivity contribution in [3.8, 4) is 11.1 Å². The van der Waals surface area contributed by atoms with Crippen LogP contribution < -0.4 is 9.80 Å². The van der Waals surface area contributed by atoms with Crippen LogP contribution in [0.3, 0.4) is 0 Å². The summed E-state index contributed by atoms with van der Waals surface area (Å²) in [5, 5.41) is 5.31. The lowest BCUT2D eigenvalue weighted by Gasteiger charge is -2.52. The van der Waals surface area contributed by atoms with Gasteiger partial charge in [0.15, 0.2) is 0 Å². The topological polar surface area (TPSA) is 6.48 Å². The van der Waals surface area contributed by atoms with Crippen LogP contribution in [0.15, 0.2) is 170 Å². The van der Waals surface area contributed by atoms with E-state index in [1.54, 1.807) is 5.56 Å². The van der Waals surface area contributed by atoms with Crippen LogP contribution in [-0.2, 0) is 17.5 Å².